The van der Waals surface area contributed by atoms with Crippen LogP contribution in [0.15, 0.2) is 60.7 Å². The Hall–Kier alpha value is -1.50. The summed E-state index contributed by atoms with van der Waals surface area (Å²) < 4.78 is 81.5. The van der Waals surface area contributed by atoms with E-state index in [9.17, 15) is 24.6 Å². The van der Waals surface area contributed by atoms with Gasteiger partial charge in [0.1, 0.15) is 23.0 Å². The van der Waals surface area contributed by atoms with Crippen LogP contribution < -0.4 is 9.47 Å². The van der Waals surface area contributed by atoms with Crippen molar-refractivity contribution < 1.29 is 34.1 Å². The van der Waals surface area contributed by atoms with E-state index in [0.717, 1.165) is 23.5 Å². The van der Waals surface area contributed by atoms with Crippen LogP contribution in [0.5, 0.6) is 11.5 Å². The molecule has 30 heavy (non-hydrogen) atoms. The quantitative estimate of drug-likeness (QED) is 0.234. The minimum absolute atomic E-state index is 0.290. The van der Waals surface area contributed by atoms with Crippen LogP contribution in [0.3, 0.4) is 0 Å². The maximum atomic E-state index is 13.2. The molecule has 0 aliphatic carbocycles. The maximum absolute atomic E-state index is 13.2. The summed E-state index contributed by atoms with van der Waals surface area (Å²) in [5.41, 5.74) is -2.00. The molecule has 0 aliphatic heterocycles. The van der Waals surface area contributed by atoms with E-state index in [4.69, 9.17) is 9.47 Å². The van der Waals surface area contributed by atoms with Gasteiger partial charge in [-0.1, -0.05) is 36.4 Å². The molecule has 2 atom stereocenters. The predicted molar refractivity (Wildman–Crippen MR) is 116 cm³/mol. The Morgan fingerprint density at radius 3 is 1.30 bits per heavy atom. The first-order valence-corrected chi connectivity index (χ1v) is 13.8. The molecular weight excluding hydrogens is 478 g/mol. The van der Waals surface area contributed by atoms with Crippen molar-refractivity contribution in [1.82, 2.24) is 0 Å². The fraction of sp³-hybridized carbons (Fsp3) is 0.333. The zero-order valence-electron chi connectivity index (χ0n) is 15.6. The van der Waals surface area contributed by atoms with Gasteiger partial charge in [0, 0.05) is 11.5 Å². The molecule has 0 saturated carbocycles. The van der Waals surface area contributed by atoms with Crippen LogP contribution in [0, 0.1) is 0 Å². The number of para-hydroxylation sites is 2. The average molecular weight is 499 g/mol. The molecule has 2 rings (SSSR count). The lowest BCUT2D eigenvalue weighted by molar-refractivity contribution is 0.306. The number of hydrogen-bond donors (Lipinski definition) is 0. The first-order valence-electron chi connectivity index (χ1n) is 8.62. The van der Waals surface area contributed by atoms with E-state index >= 15 is 0 Å². The zero-order valence-corrected chi connectivity index (χ0v) is 18.9. The third kappa shape index (κ3) is 11.0. The highest BCUT2D eigenvalue weighted by Crippen LogP contribution is 2.24. The van der Waals surface area contributed by atoms with Gasteiger partial charge in [0.05, 0.1) is 0 Å². The zero-order chi connectivity index (χ0) is 22.0. The van der Waals surface area contributed by atoms with E-state index in [-0.39, 0.29) is 0 Å². The Bertz CT molecular complexity index is 891. The summed E-state index contributed by atoms with van der Waals surface area (Å²) in [6.45, 7) is 0. The third-order valence-corrected chi connectivity index (χ3v) is 7.61. The number of thioether (sulfide) groups is 2. The molecule has 6 nitrogen and oxygen atoms in total. The molecular formula is C18H20F2O6S4. The van der Waals surface area contributed by atoms with Crippen molar-refractivity contribution in [3.63, 3.8) is 0 Å². The lowest BCUT2D eigenvalue weighted by atomic mass is 10.3. The monoisotopic (exact) mass is 498 g/mol. The average Bonchev–Trinajstić information content (AvgIpc) is 2.64. The standard InChI is InChI=1S/C18H20F2O6S4/c19-29(21,22)13-17(25-15-7-3-1-4-8-15)27-11-12-28-18(14-30(20,23)24)26-16-9-5-2-6-10-16/h1-10,17-18H,11-14H2/t17-,18+. The molecule has 0 fully saturated rings. The van der Waals surface area contributed by atoms with Crippen molar-refractivity contribution >= 4 is 44.0 Å². The number of benzene rings is 2. The second-order valence-corrected chi connectivity index (χ2v) is 11.2. The largest absolute Gasteiger partial charge is 0.479 e. The van der Waals surface area contributed by atoms with Crippen molar-refractivity contribution in [3.05, 3.63) is 60.7 Å². The van der Waals surface area contributed by atoms with Gasteiger partial charge < -0.3 is 9.47 Å². The van der Waals surface area contributed by atoms with Gasteiger partial charge in [-0.15, -0.1) is 31.3 Å². The van der Waals surface area contributed by atoms with Crippen LogP contribution in [-0.2, 0) is 20.4 Å². The molecule has 12 heteroatoms. The van der Waals surface area contributed by atoms with Gasteiger partial charge in [-0.2, -0.15) is 16.8 Å². The normalized spacial score (nSPS) is 14.1. The first kappa shape index (κ1) is 24.8. The van der Waals surface area contributed by atoms with Crippen molar-refractivity contribution in [3.8, 4) is 11.5 Å². The summed E-state index contributed by atoms with van der Waals surface area (Å²) in [7, 11) is -9.54. The van der Waals surface area contributed by atoms with Gasteiger partial charge in [0.2, 0.25) is 0 Å². The van der Waals surface area contributed by atoms with Gasteiger partial charge >= 0.3 is 20.4 Å². The van der Waals surface area contributed by atoms with Gasteiger partial charge in [-0.25, -0.2) is 0 Å². The van der Waals surface area contributed by atoms with Gasteiger partial charge in [-0.05, 0) is 24.3 Å². The van der Waals surface area contributed by atoms with Crippen molar-refractivity contribution in [2.45, 2.75) is 10.9 Å². The summed E-state index contributed by atoms with van der Waals surface area (Å²) in [6.07, 6.45) is 0. The van der Waals surface area contributed by atoms with E-state index in [1.54, 1.807) is 60.7 Å². The minimum Gasteiger partial charge on any atom is -0.479 e. The molecule has 0 N–H and O–H groups in total. The molecule has 0 amide bonds. The fourth-order valence-electron chi connectivity index (χ4n) is 2.22. The lowest BCUT2D eigenvalue weighted by Crippen LogP contribution is -2.24. The lowest BCUT2D eigenvalue weighted by Gasteiger charge is -2.19. The van der Waals surface area contributed by atoms with Crippen LogP contribution in [0.2, 0.25) is 0 Å². The smallest absolute Gasteiger partial charge is 0.306 e. The van der Waals surface area contributed by atoms with Crippen molar-refractivity contribution in [2.24, 2.45) is 0 Å². The molecule has 2 aromatic carbocycles. The SMILES string of the molecule is O=S(=O)(F)C[C@H](Oc1ccccc1)SCCS[C@@H](CS(=O)(=O)F)Oc1ccccc1. The number of halogens is 2. The van der Waals surface area contributed by atoms with Crippen LogP contribution in [-0.4, -0.2) is 50.7 Å². The van der Waals surface area contributed by atoms with Crippen LogP contribution in [0.1, 0.15) is 0 Å². The molecule has 0 saturated heterocycles. The predicted octanol–water partition coefficient (Wildman–Crippen LogP) is 3.86. The molecule has 0 unspecified atom stereocenters. The highest BCUT2D eigenvalue weighted by atomic mass is 32.3. The fourth-order valence-corrected chi connectivity index (χ4v) is 6.40. The molecule has 0 heterocycles. The van der Waals surface area contributed by atoms with Crippen LogP contribution in [0.4, 0.5) is 7.77 Å². The molecule has 0 spiro atoms. The van der Waals surface area contributed by atoms with E-state index < -0.39 is 42.8 Å². The highest BCUT2D eigenvalue weighted by Gasteiger charge is 2.23. The number of ether oxygens (including phenoxy) is 2. The maximum Gasteiger partial charge on any atom is 0.306 e. The second-order valence-electron chi connectivity index (χ2n) is 5.87. The topological polar surface area (TPSA) is 86.7 Å². The number of hydrogen-bond acceptors (Lipinski definition) is 8. The number of rotatable bonds is 13. The van der Waals surface area contributed by atoms with Gasteiger partial charge in [-0.3, -0.25) is 0 Å². The molecule has 0 aliphatic rings. The molecule has 0 radical (unpaired) electrons. The summed E-state index contributed by atoms with van der Waals surface area (Å²) in [4.78, 5) is 0. The van der Waals surface area contributed by atoms with E-state index in [1.807, 2.05) is 0 Å². The Morgan fingerprint density at radius 1 is 0.667 bits per heavy atom. The second kappa shape index (κ2) is 11.8. The highest BCUT2D eigenvalue weighted by molar-refractivity contribution is 8.04. The Morgan fingerprint density at radius 2 is 1.00 bits per heavy atom. The third-order valence-electron chi connectivity index (χ3n) is 3.38. The summed E-state index contributed by atoms with van der Waals surface area (Å²) >= 11 is 2.10. The molecule has 0 bridgehead atoms. The summed E-state index contributed by atoms with van der Waals surface area (Å²) in [5.74, 6) is -0.308. The molecule has 2 aromatic rings. The summed E-state index contributed by atoms with van der Waals surface area (Å²) in [6, 6.07) is 16.7. The first-order chi connectivity index (χ1) is 14.1. The minimum atomic E-state index is -4.77. The Balaban J connectivity index is 1.92. The van der Waals surface area contributed by atoms with E-state index in [0.29, 0.717) is 23.0 Å². The van der Waals surface area contributed by atoms with Gasteiger partial charge in [0.25, 0.3) is 0 Å². The van der Waals surface area contributed by atoms with Crippen molar-refractivity contribution in [1.29, 1.82) is 0 Å². The summed E-state index contributed by atoms with van der Waals surface area (Å²) in [5, 5.41) is 0. The van der Waals surface area contributed by atoms with E-state index in [1.165, 1.54) is 0 Å². The molecule has 166 valence electrons. The van der Waals surface area contributed by atoms with Crippen LogP contribution in [0.25, 0.3) is 0 Å². The van der Waals surface area contributed by atoms with Crippen molar-refractivity contribution in [2.75, 3.05) is 23.0 Å². The molecule has 0 aromatic heterocycles. The van der Waals surface area contributed by atoms with E-state index in [2.05, 4.69) is 0 Å². The Kier molecular flexibility index (Phi) is 9.72. The Labute approximate surface area is 183 Å². The van der Waals surface area contributed by atoms with Gasteiger partial charge in [0.15, 0.2) is 10.9 Å². The van der Waals surface area contributed by atoms with Crippen LogP contribution >= 0.6 is 23.5 Å².